The first-order valence-corrected chi connectivity index (χ1v) is 5.67. The third-order valence-electron chi connectivity index (χ3n) is 2.63. The van der Waals surface area contributed by atoms with Crippen LogP contribution in [0.4, 0.5) is 5.88 Å². The zero-order valence-corrected chi connectivity index (χ0v) is 10.5. The fraction of sp³-hybridized carbons (Fsp3) is 0.154. The van der Waals surface area contributed by atoms with Gasteiger partial charge in [-0.2, -0.15) is 0 Å². The Bertz CT molecular complexity index is 661. The number of benzene rings is 1. The molecule has 0 unspecified atom stereocenters. The first kappa shape index (κ1) is 13.6. The van der Waals surface area contributed by atoms with Crippen LogP contribution >= 0.6 is 0 Å². The summed E-state index contributed by atoms with van der Waals surface area (Å²) in [6.07, 6.45) is 0. The van der Waals surface area contributed by atoms with Gasteiger partial charge in [-0.25, -0.2) is 4.79 Å². The Hall–Kier alpha value is -2.83. The number of carbonyl (C=O) groups is 1. The highest BCUT2D eigenvalue weighted by Crippen LogP contribution is 2.22. The van der Waals surface area contributed by atoms with Crippen LogP contribution in [0.25, 0.3) is 0 Å². The topological polar surface area (TPSA) is 103 Å². The smallest absolute Gasteiger partial charge is 0.433 e. The average Bonchev–Trinajstić information content (AvgIpc) is 2.86. The van der Waals surface area contributed by atoms with Gasteiger partial charge in [0.15, 0.2) is 0 Å². The molecule has 0 aliphatic heterocycles. The molecule has 0 atom stereocenters. The normalized spacial score (nSPS) is 10.2. The van der Waals surface area contributed by atoms with Crippen molar-refractivity contribution < 1.29 is 24.0 Å². The lowest BCUT2D eigenvalue weighted by atomic mass is 10.1. The number of aromatic carboxylic acids is 1. The Labute approximate surface area is 113 Å². The van der Waals surface area contributed by atoms with Gasteiger partial charge in [-0.05, 0) is 30.7 Å². The summed E-state index contributed by atoms with van der Waals surface area (Å²) < 4.78 is 10.4. The molecule has 1 aromatic carbocycles. The van der Waals surface area contributed by atoms with Crippen molar-refractivity contribution in [1.82, 2.24) is 0 Å². The van der Waals surface area contributed by atoms with E-state index in [2.05, 4.69) is 0 Å². The molecule has 0 spiro atoms. The molecule has 1 heterocycles. The fourth-order valence-electron chi connectivity index (χ4n) is 1.58. The van der Waals surface area contributed by atoms with E-state index < -0.39 is 10.9 Å². The van der Waals surface area contributed by atoms with Crippen molar-refractivity contribution in [2.75, 3.05) is 0 Å². The molecule has 2 rings (SSSR count). The Balaban J connectivity index is 2.11. The summed E-state index contributed by atoms with van der Waals surface area (Å²) in [6, 6.07) is 7.17. The van der Waals surface area contributed by atoms with E-state index in [1.54, 1.807) is 13.0 Å². The SMILES string of the molecule is Cc1ccc(C(=O)O)cc1OCc1ccc([N+](=O)[O-])o1. The molecule has 0 bridgehead atoms. The van der Waals surface area contributed by atoms with Crippen molar-refractivity contribution in [1.29, 1.82) is 0 Å². The van der Waals surface area contributed by atoms with Crippen LogP contribution in [0.2, 0.25) is 0 Å². The molecule has 2 aromatic rings. The summed E-state index contributed by atoms with van der Waals surface area (Å²) in [5, 5.41) is 19.4. The lowest BCUT2D eigenvalue weighted by molar-refractivity contribution is -0.402. The highest BCUT2D eigenvalue weighted by Gasteiger charge is 2.13. The maximum Gasteiger partial charge on any atom is 0.433 e. The van der Waals surface area contributed by atoms with Gasteiger partial charge in [0, 0.05) is 0 Å². The maximum absolute atomic E-state index is 10.9. The zero-order chi connectivity index (χ0) is 14.7. The minimum absolute atomic E-state index is 0.0161. The summed E-state index contributed by atoms with van der Waals surface area (Å²) in [5.41, 5.74) is 0.868. The van der Waals surface area contributed by atoms with Gasteiger partial charge in [-0.1, -0.05) is 6.07 Å². The number of aryl methyl sites for hydroxylation is 1. The number of rotatable bonds is 5. The second-order valence-corrected chi connectivity index (χ2v) is 4.07. The quantitative estimate of drug-likeness (QED) is 0.665. The number of hydrogen-bond acceptors (Lipinski definition) is 5. The molecule has 0 saturated heterocycles. The first-order valence-electron chi connectivity index (χ1n) is 5.67. The number of furan rings is 1. The van der Waals surface area contributed by atoms with Crippen LogP contribution < -0.4 is 4.74 Å². The summed E-state index contributed by atoms with van der Waals surface area (Å²) in [4.78, 5) is 20.7. The van der Waals surface area contributed by atoms with E-state index in [4.69, 9.17) is 14.3 Å². The third-order valence-corrected chi connectivity index (χ3v) is 2.63. The molecule has 0 fully saturated rings. The van der Waals surface area contributed by atoms with Crippen LogP contribution in [0.15, 0.2) is 34.7 Å². The number of carboxylic acid groups (broad SMARTS) is 1. The van der Waals surface area contributed by atoms with Gasteiger partial charge in [0.05, 0.1) is 11.6 Å². The zero-order valence-electron chi connectivity index (χ0n) is 10.5. The minimum atomic E-state index is -1.05. The van der Waals surface area contributed by atoms with Crippen LogP contribution in [0, 0.1) is 17.0 Å². The standard InChI is InChI=1S/C13H11NO6/c1-8-2-3-9(13(15)16)6-11(8)19-7-10-4-5-12(20-10)14(17)18/h2-6H,7H2,1H3,(H,15,16). The number of carboxylic acids is 1. The minimum Gasteiger partial charge on any atom is -0.485 e. The summed E-state index contributed by atoms with van der Waals surface area (Å²) in [5.74, 6) is -0.733. The van der Waals surface area contributed by atoms with E-state index in [0.717, 1.165) is 5.56 Å². The Morgan fingerprint density at radius 1 is 1.40 bits per heavy atom. The van der Waals surface area contributed by atoms with Crippen LogP contribution in [0.5, 0.6) is 5.75 Å². The fourth-order valence-corrected chi connectivity index (χ4v) is 1.58. The average molecular weight is 277 g/mol. The molecule has 7 nitrogen and oxygen atoms in total. The maximum atomic E-state index is 10.9. The molecule has 0 radical (unpaired) electrons. The molecule has 0 amide bonds. The second-order valence-electron chi connectivity index (χ2n) is 4.07. The number of ether oxygens (including phenoxy) is 1. The van der Waals surface area contributed by atoms with Gasteiger partial charge < -0.3 is 14.3 Å². The van der Waals surface area contributed by atoms with Crippen molar-refractivity contribution in [3.8, 4) is 5.75 Å². The van der Waals surface area contributed by atoms with Crippen LogP contribution in [-0.4, -0.2) is 16.0 Å². The number of hydrogen-bond donors (Lipinski definition) is 1. The van der Waals surface area contributed by atoms with Crippen molar-refractivity contribution >= 4 is 11.9 Å². The molecule has 0 aliphatic carbocycles. The molecular weight excluding hydrogens is 266 g/mol. The van der Waals surface area contributed by atoms with E-state index in [1.807, 2.05) is 0 Å². The molecule has 1 aromatic heterocycles. The molecule has 0 saturated carbocycles. The van der Waals surface area contributed by atoms with Crippen LogP contribution in [0.3, 0.4) is 0 Å². The summed E-state index contributed by atoms with van der Waals surface area (Å²) >= 11 is 0. The van der Waals surface area contributed by atoms with Gasteiger partial charge in [-0.15, -0.1) is 0 Å². The van der Waals surface area contributed by atoms with Gasteiger partial charge in [0.2, 0.25) is 0 Å². The highest BCUT2D eigenvalue weighted by molar-refractivity contribution is 5.88. The molecule has 7 heteroatoms. The van der Waals surface area contributed by atoms with Gasteiger partial charge in [0.1, 0.15) is 23.0 Å². The van der Waals surface area contributed by atoms with E-state index >= 15 is 0 Å². The number of nitro groups is 1. The van der Waals surface area contributed by atoms with Crippen molar-refractivity contribution in [2.24, 2.45) is 0 Å². The molecule has 1 N–H and O–H groups in total. The lowest BCUT2D eigenvalue weighted by Gasteiger charge is -2.08. The molecule has 104 valence electrons. The summed E-state index contributed by atoms with van der Waals surface area (Å²) in [6.45, 7) is 1.75. The third kappa shape index (κ3) is 2.94. The van der Waals surface area contributed by atoms with Crippen molar-refractivity contribution in [3.63, 3.8) is 0 Å². The van der Waals surface area contributed by atoms with E-state index in [0.29, 0.717) is 5.75 Å². The van der Waals surface area contributed by atoms with Gasteiger partial charge in [0.25, 0.3) is 0 Å². The van der Waals surface area contributed by atoms with Crippen LogP contribution in [-0.2, 0) is 6.61 Å². The lowest BCUT2D eigenvalue weighted by Crippen LogP contribution is -2.00. The van der Waals surface area contributed by atoms with E-state index in [-0.39, 0.29) is 23.8 Å². The predicted molar refractivity (Wildman–Crippen MR) is 67.8 cm³/mol. The van der Waals surface area contributed by atoms with Crippen molar-refractivity contribution in [2.45, 2.75) is 13.5 Å². The Kier molecular flexibility index (Phi) is 3.69. The largest absolute Gasteiger partial charge is 0.485 e. The van der Waals surface area contributed by atoms with Gasteiger partial charge in [-0.3, -0.25) is 10.1 Å². The van der Waals surface area contributed by atoms with E-state index in [9.17, 15) is 14.9 Å². The molecule has 0 aliphatic rings. The second kappa shape index (κ2) is 5.43. The number of nitrogens with zero attached hydrogens (tertiary/aromatic N) is 1. The highest BCUT2D eigenvalue weighted by atomic mass is 16.6. The van der Waals surface area contributed by atoms with Crippen LogP contribution in [0.1, 0.15) is 21.7 Å². The Morgan fingerprint density at radius 3 is 2.75 bits per heavy atom. The van der Waals surface area contributed by atoms with E-state index in [1.165, 1.54) is 24.3 Å². The summed E-state index contributed by atoms with van der Waals surface area (Å²) in [7, 11) is 0. The molecular formula is C13H11NO6. The first-order chi connectivity index (χ1) is 9.47. The Morgan fingerprint density at radius 2 is 2.15 bits per heavy atom. The van der Waals surface area contributed by atoms with Gasteiger partial charge >= 0.3 is 11.9 Å². The van der Waals surface area contributed by atoms with Crippen molar-refractivity contribution in [3.05, 3.63) is 57.3 Å². The monoisotopic (exact) mass is 277 g/mol. The molecule has 20 heavy (non-hydrogen) atoms. The predicted octanol–water partition coefficient (Wildman–Crippen LogP) is 2.77.